The first-order valence-electron chi connectivity index (χ1n) is 11.9. The minimum atomic E-state index is 0.429. The lowest BCUT2D eigenvalue weighted by molar-refractivity contribution is 0.269. The summed E-state index contributed by atoms with van der Waals surface area (Å²) in [6, 6.07) is 28.5. The number of rotatable bonds is 9. The molecule has 0 fully saturated rings. The van der Waals surface area contributed by atoms with E-state index in [1.165, 1.54) is 10.3 Å². The van der Waals surface area contributed by atoms with E-state index in [1.54, 1.807) is 11.3 Å². The van der Waals surface area contributed by atoms with Gasteiger partial charge in [0.2, 0.25) is 0 Å². The Kier molecular flexibility index (Phi) is 7.40. The van der Waals surface area contributed by atoms with Crippen LogP contribution in [0.4, 0.5) is 5.69 Å². The molecule has 6 heteroatoms. The lowest BCUT2D eigenvalue weighted by Gasteiger charge is -2.14. The molecule has 0 atom stereocenters. The van der Waals surface area contributed by atoms with Crippen molar-refractivity contribution in [1.82, 2.24) is 4.98 Å². The molecule has 4 aromatic carbocycles. The highest BCUT2D eigenvalue weighted by atomic mass is 35.5. The van der Waals surface area contributed by atoms with Crippen molar-refractivity contribution in [2.75, 3.05) is 11.9 Å². The maximum absolute atomic E-state index is 6.09. The van der Waals surface area contributed by atoms with Crippen molar-refractivity contribution in [3.8, 4) is 22.1 Å². The minimum Gasteiger partial charge on any atom is -0.490 e. The van der Waals surface area contributed by atoms with Gasteiger partial charge in [-0.05, 0) is 91.2 Å². The number of benzene rings is 4. The molecule has 0 aliphatic rings. The number of nitrogens with one attached hydrogen (secondary N) is 1. The van der Waals surface area contributed by atoms with Gasteiger partial charge in [-0.25, -0.2) is 4.98 Å². The van der Waals surface area contributed by atoms with Crippen LogP contribution in [0.15, 0.2) is 84.9 Å². The van der Waals surface area contributed by atoms with Crippen LogP contribution in [0.3, 0.4) is 0 Å². The van der Waals surface area contributed by atoms with Crippen molar-refractivity contribution in [2.45, 2.75) is 27.0 Å². The van der Waals surface area contributed by atoms with Crippen LogP contribution in [0, 0.1) is 6.92 Å². The van der Waals surface area contributed by atoms with Crippen LogP contribution in [-0.2, 0) is 13.2 Å². The van der Waals surface area contributed by atoms with Gasteiger partial charge in [-0.2, -0.15) is 0 Å². The van der Waals surface area contributed by atoms with Crippen molar-refractivity contribution in [1.29, 1.82) is 0 Å². The molecule has 0 radical (unpaired) electrons. The molecule has 0 spiro atoms. The van der Waals surface area contributed by atoms with E-state index in [0.717, 1.165) is 44.4 Å². The maximum Gasteiger partial charge on any atom is 0.161 e. The first-order valence-corrected chi connectivity index (χ1v) is 13.1. The third-order valence-corrected chi connectivity index (χ3v) is 7.07. The number of hydrogen-bond donors (Lipinski definition) is 1. The summed E-state index contributed by atoms with van der Waals surface area (Å²) in [5.41, 5.74) is 6.60. The van der Waals surface area contributed by atoms with Gasteiger partial charge in [0.1, 0.15) is 11.6 Å². The van der Waals surface area contributed by atoms with Crippen LogP contribution in [0.1, 0.15) is 23.6 Å². The first-order chi connectivity index (χ1) is 17.6. The predicted molar refractivity (Wildman–Crippen MR) is 151 cm³/mol. The van der Waals surface area contributed by atoms with E-state index in [1.807, 2.05) is 43.3 Å². The average molecular weight is 515 g/mol. The summed E-state index contributed by atoms with van der Waals surface area (Å²) >= 11 is 7.81. The normalized spacial score (nSPS) is 11.0. The molecule has 0 amide bonds. The van der Waals surface area contributed by atoms with E-state index in [4.69, 9.17) is 26.1 Å². The SMILES string of the molecule is CCOc1cc(CNc2ccc(-c3nc4ccc(C)cc4s3)cc2)ccc1OCc1cccc(Cl)c1. The molecule has 0 saturated carbocycles. The first kappa shape index (κ1) is 24.2. The van der Waals surface area contributed by atoms with Crippen molar-refractivity contribution in [3.63, 3.8) is 0 Å². The predicted octanol–water partition coefficient (Wildman–Crippen LogP) is 8.51. The van der Waals surface area contributed by atoms with Crippen molar-refractivity contribution in [3.05, 3.63) is 107 Å². The number of nitrogens with zero attached hydrogens (tertiary/aromatic N) is 1. The number of aromatic nitrogens is 1. The van der Waals surface area contributed by atoms with E-state index in [9.17, 15) is 0 Å². The summed E-state index contributed by atoms with van der Waals surface area (Å²) in [7, 11) is 0. The molecule has 1 aromatic heterocycles. The van der Waals surface area contributed by atoms with Crippen LogP contribution in [0.5, 0.6) is 11.5 Å². The number of anilines is 1. The van der Waals surface area contributed by atoms with Crippen LogP contribution in [-0.4, -0.2) is 11.6 Å². The Labute approximate surface area is 220 Å². The molecule has 0 aliphatic heterocycles. The molecule has 0 saturated heterocycles. The van der Waals surface area contributed by atoms with E-state index >= 15 is 0 Å². The average Bonchev–Trinajstić information content (AvgIpc) is 3.31. The highest BCUT2D eigenvalue weighted by molar-refractivity contribution is 7.21. The molecule has 5 aromatic rings. The van der Waals surface area contributed by atoms with Crippen LogP contribution < -0.4 is 14.8 Å². The smallest absolute Gasteiger partial charge is 0.161 e. The highest BCUT2D eigenvalue weighted by Gasteiger charge is 2.09. The van der Waals surface area contributed by atoms with Gasteiger partial charge < -0.3 is 14.8 Å². The fourth-order valence-corrected chi connectivity index (χ4v) is 5.21. The standard InChI is InChI=1S/C30H27ClN2O2S/c1-3-34-28-17-21(8-14-27(28)35-19-22-5-4-6-24(31)16-22)18-32-25-11-9-23(10-12-25)30-33-26-13-7-20(2)15-29(26)36-30/h4-17,32H,3,18-19H2,1-2H3. The zero-order valence-corrected chi connectivity index (χ0v) is 21.8. The number of ether oxygens (including phenoxy) is 2. The van der Waals surface area contributed by atoms with Gasteiger partial charge in [0, 0.05) is 22.8 Å². The molecule has 0 unspecified atom stereocenters. The molecule has 5 rings (SSSR count). The largest absolute Gasteiger partial charge is 0.490 e. The fraction of sp³-hybridized carbons (Fsp3) is 0.167. The zero-order valence-electron chi connectivity index (χ0n) is 20.3. The van der Waals surface area contributed by atoms with E-state index < -0.39 is 0 Å². The monoisotopic (exact) mass is 514 g/mol. The second-order valence-corrected chi connectivity index (χ2v) is 10.0. The Morgan fingerprint density at radius 3 is 2.53 bits per heavy atom. The summed E-state index contributed by atoms with van der Waals surface area (Å²) in [4.78, 5) is 4.79. The zero-order chi connectivity index (χ0) is 24.9. The van der Waals surface area contributed by atoms with Gasteiger partial charge in [0.05, 0.1) is 16.8 Å². The van der Waals surface area contributed by atoms with Gasteiger partial charge in [-0.15, -0.1) is 11.3 Å². The molecule has 0 aliphatic carbocycles. The maximum atomic E-state index is 6.09. The Balaban J connectivity index is 1.23. The van der Waals surface area contributed by atoms with Gasteiger partial charge in [-0.3, -0.25) is 0 Å². The second-order valence-electron chi connectivity index (χ2n) is 8.55. The Morgan fingerprint density at radius 2 is 1.72 bits per heavy atom. The Hall–Kier alpha value is -3.54. The molecule has 36 heavy (non-hydrogen) atoms. The molecular formula is C30H27ClN2O2S. The Morgan fingerprint density at radius 1 is 0.861 bits per heavy atom. The molecule has 1 heterocycles. The lowest BCUT2D eigenvalue weighted by atomic mass is 10.1. The third kappa shape index (κ3) is 5.81. The summed E-state index contributed by atoms with van der Waals surface area (Å²) in [6.07, 6.45) is 0. The topological polar surface area (TPSA) is 43.4 Å². The molecule has 0 bridgehead atoms. The van der Waals surface area contributed by atoms with E-state index in [-0.39, 0.29) is 0 Å². The quantitative estimate of drug-likeness (QED) is 0.214. The molecule has 1 N–H and O–H groups in total. The number of halogens is 1. The number of hydrogen-bond acceptors (Lipinski definition) is 5. The van der Waals surface area contributed by atoms with Gasteiger partial charge in [-0.1, -0.05) is 35.9 Å². The summed E-state index contributed by atoms with van der Waals surface area (Å²) < 4.78 is 13.1. The lowest BCUT2D eigenvalue weighted by Crippen LogP contribution is -2.03. The molecule has 182 valence electrons. The van der Waals surface area contributed by atoms with Gasteiger partial charge in [0.15, 0.2) is 11.5 Å². The third-order valence-electron chi connectivity index (χ3n) is 5.76. The Bertz CT molecular complexity index is 1480. The van der Waals surface area contributed by atoms with Crippen molar-refractivity contribution in [2.24, 2.45) is 0 Å². The van der Waals surface area contributed by atoms with E-state index in [2.05, 4.69) is 60.8 Å². The van der Waals surface area contributed by atoms with Crippen molar-refractivity contribution < 1.29 is 9.47 Å². The van der Waals surface area contributed by atoms with Crippen molar-refractivity contribution >= 4 is 38.8 Å². The minimum absolute atomic E-state index is 0.429. The molecular weight excluding hydrogens is 488 g/mol. The van der Waals surface area contributed by atoms with E-state index in [0.29, 0.717) is 24.8 Å². The van der Waals surface area contributed by atoms with Crippen LogP contribution in [0.25, 0.3) is 20.8 Å². The summed E-state index contributed by atoms with van der Waals surface area (Å²) in [6.45, 7) is 5.75. The second kappa shape index (κ2) is 11.0. The summed E-state index contributed by atoms with van der Waals surface area (Å²) in [5.74, 6) is 1.45. The van der Waals surface area contributed by atoms with Crippen LogP contribution in [0.2, 0.25) is 5.02 Å². The van der Waals surface area contributed by atoms with Crippen LogP contribution >= 0.6 is 22.9 Å². The summed E-state index contributed by atoms with van der Waals surface area (Å²) in [5, 5.41) is 5.24. The van der Waals surface area contributed by atoms with Gasteiger partial charge >= 0.3 is 0 Å². The van der Waals surface area contributed by atoms with Gasteiger partial charge in [0.25, 0.3) is 0 Å². The number of aryl methyl sites for hydroxylation is 1. The number of thiazole rings is 1. The highest BCUT2D eigenvalue weighted by Crippen LogP contribution is 2.32. The fourth-order valence-electron chi connectivity index (χ4n) is 3.93. The number of fused-ring (bicyclic) bond motifs is 1. The molecule has 4 nitrogen and oxygen atoms in total.